The number of benzene rings is 1. The van der Waals surface area contributed by atoms with Crippen molar-refractivity contribution in [2.75, 3.05) is 21.0 Å². The largest absolute Gasteiger partial charge is 0.586 e. The number of nitrogens with one attached hydrogen (secondary N) is 1. The molecule has 0 radical (unpaired) electrons. The highest BCUT2D eigenvalue weighted by molar-refractivity contribution is 5.92. The van der Waals surface area contributed by atoms with Gasteiger partial charge in [-0.05, 0) is 12.1 Å². The molecule has 0 atom stereocenters. The lowest BCUT2D eigenvalue weighted by Crippen LogP contribution is -2.34. The molecule has 27 heavy (non-hydrogen) atoms. The second kappa shape index (κ2) is 7.29. The van der Waals surface area contributed by atoms with Crippen LogP contribution in [-0.4, -0.2) is 42.9 Å². The number of fused-ring (bicyclic) bond motifs is 1. The van der Waals surface area contributed by atoms with E-state index in [2.05, 4.69) is 19.9 Å². The van der Waals surface area contributed by atoms with Crippen molar-refractivity contribution in [2.24, 2.45) is 0 Å². The second-order valence-electron chi connectivity index (χ2n) is 5.42. The fourth-order valence-electron chi connectivity index (χ4n) is 2.43. The first-order chi connectivity index (χ1) is 12.9. The van der Waals surface area contributed by atoms with Crippen LogP contribution in [0.25, 0.3) is 5.69 Å². The summed E-state index contributed by atoms with van der Waals surface area (Å²) >= 11 is 0. The lowest BCUT2D eigenvalue weighted by molar-refractivity contribution is -0.286. The van der Waals surface area contributed by atoms with E-state index in [0.29, 0.717) is 0 Å². The predicted molar refractivity (Wildman–Crippen MR) is 86.1 cm³/mol. The standard InChI is InChI=1S/C16H15F2N3O6/c1-24-7-9-6-21(20-12(13(9)22)15(23)19-8-25-2)10-4-3-5-11-14(10)27-16(17,18)26-11/h3-6H,7-8H2,1-2H3,(H,19,23). The number of alkyl halides is 2. The van der Waals surface area contributed by atoms with E-state index in [1.807, 2.05) is 0 Å². The van der Waals surface area contributed by atoms with Crippen LogP contribution in [-0.2, 0) is 16.1 Å². The van der Waals surface area contributed by atoms with Crippen molar-refractivity contribution in [3.8, 4) is 17.2 Å². The van der Waals surface area contributed by atoms with Crippen LogP contribution in [0.1, 0.15) is 16.1 Å². The third-order valence-corrected chi connectivity index (χ3v) is 3.54. The second-order valence-corrected chi connectivity index (χ2v) is 5.42. The fraction of sp³-hybridized carbons (Fsp3) is 0.312. The number of amides is 1. The molecular formula is C16H15F2N3O6. The molecule has 0 aliphatic carbocycles. The highest BCUT2D eigenvalue weighted by atomic mass is 19.3. The van der Waals surface area contributed by atoms with Gasteiger partial charge in [0.25, 0.3) is 5.91 Å². The maximum Gasteiger partial charge on any atom is 0.586 e. The molecular weight excluding hydrogens is 368 g/mol. The van der Waals surface area contributed by atoms with Gasteiger partial charge in [-0.25, -0.2) is 4.68 Å². The molecule has 0 spiro atoms. The number of rotatable bonds is 6. The Bertz CT molecular complexity index is 931. The lowest BCUT2D eigenvalue weighted by Gasteiger charge is -2.12. The van der Waals surface area contributed by atoms with Gasteiger partial charge < -0.3 is 24.3 Å². The summed E-state index contributed by atoms with van der Waals surface area (Å²) in [5, 5.41) is 6.31. The van der Waals surface area contributed by atoms with E-state index in [-0.39, 0.29) is 36.1 Å². The molecule has 9 nitrogen and oxygen atoms in total. The molecule has 1 aliphatic heterocycles. The van der Waals surface area contributed by atoms with Crippen LogP contribution in [0, 0.1) is 0 Å². The van der Waals surface area contributed by atoms with Gasteiger partial charge >= 0.3 is 6.29 Å². The molecule has 2 heterocycles. The van der Waals surface area contributed by atoms with E-state index in [0.717, 1.165) is 4.68 Å². The van der Waals surface area contributed by atoms with Crippen LogP contribution < -0.4 is 20.2 Å². The summed E-state index contributed by atoms with van der Waals surface area (Å²) < 4.78 is 46.6. The van der Waals surface area contributed by atoms with Crippen molar-refractivity contribution in [3.63, 3.8) is 0 Å². The summed E-state index contributed by atoms with van der Waals surface area (Å²) in [5.41, 5.74) is -0.956. The summed E-state index contributed by atoms with van der Waals surface area (Å²) in [7, 11) is 2.73. The van der Waals surface area contributed by atoms with E-state index >= 15 is 0 Å². The first kappa shape index (κ1) is 18.7. The summed E-state index contributed by atoms with van der Waals surface area (Å²) in [5.74, 6) is -1.26. The van der Waals surface area contributed by atoms with Gasteiger partial charge in [0.1, 0.15) is 12.4 Å². The minimum atomic E-state index is -3.83. The predicted octanol–water partition coefficient (Wildman–Crippen LogP) is 1.03. The first-order valence-corrected chi connectivity index (χ1v) is 7.64. The van der Waals surface area contributed by atoms with Crippen molar-refractivity contribution in [1.82, 2.24) is 15.1 Å². The molecule has 11 heteroatoms. The van der Waals surface area contributed by atoms with Crippen molar-refractivity contribution in [3.05, 3.63) is 45.9 Å². The Kier molecular flexibility index (Phi) is 5.06. The Hall–Kier alpha value is -3.05. The van der Waals surface area contributed by atoms with Gasteiger partial charge in [-0.15, -0.1) is 8.78 Å². The SMILES string of the molecule is COCNC(=O)c1nn(-c2cccc3c2OC(F)(F)O3)cc(COC)c1=O. The molecule has 1 aliphatic rings. The van der Waals surface area contributed by atoms with Crippen LogP contribution in [0.2, 0.25) is 0 Å². The summed E-state index contributed by atoms with van der Waals surface area (Å²) in [6.45, 7) is -0.257. The van der Waals surface area contributed by atoms with Crippen LogP contribution in [0.15, 0.2) is 29.2 Å². The number of hydrogen-bond donors (Lipinski definition) is 1. The zero-order chi connectivity index (χ0) is 19.6. The van der Waals surface area contributed by atoms with Gasteiger partial charge in [-0.2, -0.15) is 5.10 Å². The zero-order valence-electron chi connectivity index (χ0n) is 14.3. The third-order valence-electron chi connectivity index (χ3n) is 3.54. The first-order valence-electron chi connectivity index (χ1n) is 7.64. The number of aromatic nitrogens is 2. The normalized spacial score (nSPS) is 14.2. The van der Waals surface area contributed by atoms with Gasteiger partial charge in [0.15, 0.2) is 17.2 Å². The molecule has 3 rings (SSSR count). The summed E-state index contributed by atoms with van der Waals surface area (Å²) in [6.07, 6.45) is -2.56. The smallest absolute Gasteiger partial charge is 0.395 e. The number of hydrogen-bond acceptors (Lipinski definition) is 7. The van der Waals surface area contributed by atoms with Crippen LogP contribution in [0.5, 0.6) is 11.5 Å². The Morgan fingerprint density at radius 2 is 2.07 bits per heavy atom. The van der Waals surface area contributed by atoms with E-state index in [1.54, 1.807) is 0 Å². The quantitative estimate of drug-likeness (QED) is 0.744. The molecule has 1 amide bonds. The minimum Gasteiger partial charge on any atom is -0.395 e. The summed E-state index contributed by atoms with van der Waals surface area (Å²) in [6, 6.07) is 4.17. The lowest BCUT2D eigenvalue weighted by atomic mass is 10.2. The number of carbonyl (C=O) groups is 1. The van der Waals surface area contributed by atoms with Crippen molar-refractivity contribution < 1.29 is 32.5 Å². The van der Waals surface area contributed by atoms with Gasteiger partial charge in [-0.3, -0.25) is 9.59 Å². The number of para-hydroxylation sites is 1. The highest BCUT2D eigenvalue weighted by Crippen LogP contribution is 2.44. The monoisotopic (exact) mass is 383 g/mol. The summed E-state index contributed by atoms with van der Waals surface area (Å²) in [4.78, 5) is 24.7. The van der Waals surface area contributed by atoms with E-state index < -0.39 is 23.3 Å². The molecule has 0 bridgehead atoms. The highest BCUT2D eigenvalue weighted by Gasteiger charge is 2.45. The minimum absolute atomic E-state index is 0.0582. The maximum absolute atomic E-state index is 13.4. The molecule has 2 aromatic rings. The third kappa shape index (κ3) is 3.73. The average molecular weight is 383 g/mol. The molecule has 144 valence electrons. The number of ether oxygens (including phenoxy) is 4. The van der Waals surface area contributed by atoms with E-state index in [4.69, 9.17) is 9.47 Å². The van der Waals surface area contributed by atoms with Crippen molar-refractivity contribution in [2.45, 2.75) is 12.9 Å². The zero-order valence-corrected chi connectivity index (χ0v) is 14.3. The van der Waals surface area contributed by atoms with E-state index in [9.17, 15) is 18.4 Å². The van der Waals surface area contributed by atoms with Crippen molar-refractivity contribution >= 4 is 5.91 Å². The van der Waals surface area contributed by atoms with Gasteiger partial charge in [0, 0.05) is 26.0 Å². The molecule has 1 aromatic heterocycles. The molecule has 0 unspecified atom stereocenters. The van der Waals surface area contributed by atoms with Gasteiger partial charge in [-0.1, -0.05) is 6.07 Å². The number of nitrogens with zero attached hydrogens (tertiary/aromatic N) is 2. The van der Waals surface area contributed by atoms with Crippen LogP contribution >= 0.6 is 0 Å². The van der Waals surface area contributed by atoms with Crippen LogP contribution in [0.4, 0.5) is 8.78 Å². The Morgan fingerprint density at radius 1 is 1.30 bits per heavy atom. The number of halogens is 2. The maximum atomic E-state index is 13.4. The molecule has 0 saturated heterocycles. The Balaban J connectivity index is 2.12. The number of methoxy groups -OCH3 is 2. The fourth-order valence-corrected chi connectivity index (χ4v) is 2.43. The van der Waals surface area contributed by atoms with Gasteiger partial charge in [0.05, 0.1) is 6.61 Å². The van der Waals surface area contributed by atoms with Crippen LogP contribution in [0.3, 0.4) is 0 Å². The molecule has 1 aromatic carbocycles. The number of carbonyl (C=O) groups excluding carboxylic acids is 1. The molecule has 1 N–H and O–H groups in total. The molecule has 0 fully saturated rings. The Morgan fingerprint density at radius 3 is 2.78 bits per heavy atom. The topological polar surface area (TPSA) is 101 Å². The average Bonchev–Trinajstić information content (AvgIpc) is 2.95. The van der Waals surface area contributed by atoms with Gasteiger partial charge in [0.2, 0.25) is 5.43 Å². The van der Waals surface area contributed by atoms with E-state index in [1.165, 1.54) is 38.6 Å². The van der Waals surface area contributed by atoms with Crippen molar-refractivity contribution in [1.29, 1.82) is 0 Å². The Labute approximate surface area is 151 Å². The molecule has 0 saturated carbocycles.